The molecule has 0 aromatic rings. The molecule has 0 spiro atoms. The van der Waals surface area contributed by atoms with Crippen LogP contribution >= 0.6 is 15.6 Å². The van der Waals surface area contributed by atoms with Gasteiger partial charge in [0.05, 0.1) is 11.2 Å². The molecule has 0 heterocycles. The van der Waals surface area contributed by atoms with Gasteiger partial charge in [-0.05, 0) is 59.8 Å². The van der Waals surface area contributed by atoms with Crippen molar-refractivity contribution in [3.63, 3.8) is 0 Å². The van der Waals surface area contributed by atoms with Gasteiger partial charge >= 0.3 is 15.6 Å². The number of ketones is 2. The van der Waals surface area contributed by atoms with Crippen LogP contribution in [0.1, 0.15) is 85.5 Å². The molecular formula is C17H34O10P2. The fraction of sp³-hybridized carbons (Fsp3) is 0.882. The molecule has 0 amide bonds. The van der Waals surface area contributed by atoms with Gasteiger partial charge in [0.1, 0.15) is 11.6 Å². The van der Waals surface area contributed by atoms with Crippen LogP contribution in [0.3, 0.4) is 0 Å². The largest absolute Gasteiger partial charge is 0.470 e. The zero-order valence-corrected chi connectivity index (χ0v) is 19.3. The molecule has 0 radical (unpaired) electrons. The first-order valence-electron chi connectivity index (χ1n) is 9.47. The first-order chi connectivity index (χ1) is 12.9. The van der Waals surface area contributed by atoms with E-state index in [9.17, 15) is 18.7 Å². The van der Waals surface area contributed by atoms with Gasteiger partial charge in [0.2, 0.25) is 0 Å². The minimum absolute atomic E-state index is 0.0269. The monoisotopic (exact) mass is 460 g/mol. The summed E-state index contributed by atoms with van der Waals surface area (Å²) < 4.78 is 31.1. The summed E-state index contributed by atoms with van der Waals surface area (Å²) in [5.74, 6) is -0.0538. The number of hydrogen-bond donors (Lipinski definition) is 4. The molecule has 10 nitrogen and oxygen atoms in total. The maximum atomic E-state index is 11.9. The molecule has 0 atom stereocenters. The lowest BCUT2D eigenvalue weighted by molar-refractivity contribution is -0.120. The van der Waals surface area contributed by atoms with E-state index in [0.717, 1.165) is 0 Å². The predicted octanol–water partition coefficient (Wildman–Crippen LogP) is 3.41. The summed E-state index contributed by atoms with van der Waals surface area (Å²) in [4.78, 5) is 59.1. The highest BCUT2D eigenvalue weighted by Gasteiger charge is 2.29. The van der Waals surface area contributed by atoms with Crippen molar-refractivity contribution in [2.45, 2.75) is 96.7 Å². The molecule has 0 aliphatic heterocycles. The number of phosphoric acid groups is 2. The van der Waals surface area contributed by atoms with Gasteiger partial charge in [-0.3, -0.25) is 18.6 Å². The molecule has 0 unspecified atom stereocenters. The van der Waals surface area contributed by atoms with Crippen molar-refractivity contribution in [2.24, 2.45) is 0 Å². The van der Waals surface area contributed by atoms with Crippen molar-refractivity contribution in [1.82, 2.24) is 0 Å². The van der Waals surface area contributed by atoms with E-state index in [-0.39, 0.29) is 37.2 Å². The summed E-state index contributed by atoms with van der Waals surface area (Å²) in [5.41, 5.74) is -2.07. The van der Waals surface area contributed by atoms with Crippen LogP contribution in [0.5, 0.6) is 0 Å². The van der Waals surface area contributed by atoms with Crippen LogP contribution < -0.4 is 0 Å². The molecule has 0 rings (SSSR count). The molecule has 0 fully saturated rings. The maximum absolute atomic E-state index is 11.9. The zero-order chi connectivity index (χ0) is 22.9. The van der Waals surface area contributed by atoms with E-state index < -0.39 is 26.8 Å². The Bertz CT molecular complexity index is 578. The standard InChI is InChI=1S/C17H34O10P2/c1-16(2,26-28(20,21)22)12-6-10-14(18)8-5-9-15(19)11-7-13-17(3,4)27-29(23,24)25/h5-13H2,1-4H3,(H2,20,21,22)(H2,23,24,25). The summed E-state index contributed by atoms with van der Waals surface area (Å²) in [5, 5.41) is 0. The Hall–Kier alpha value is -0.440. The molecule has 29 heavy (non-hydrogen) atoms. The van der Waals surface area contributed by atoms with Crippen LogP contribution in [0.15, 0.2) is 0 Å². The summed E-state index contributed by atoms with van der Waals surface area (Å²) in [6.45, 7) is 6.17. The Kier molecular flexibility index (Phi) is 11.6. The second-order valence-electron chi connectivity index (χ2n) is 8.32. The van der Waals surface area contributed by atoms with Crippen LogP contribution in [0.2, 0.25) is 0 Å². The second-order valence-corrected chi connectivity index (χ2v) is 10.6. The average Bonchev–Trinajstić information content (AvgIpc) is 2.41. The Labute approximate surface area is 171 Å². The first-order valence-corrected chi connectivity index (χ1v) is 12.5. The number of hydrogen-bond acceptors (Lipinski definition) is 6. The topological polar surface area (TPSA) is 168 Å². The van der Waals surface area contributed by atoms with Gasteiger partial charge in [0.15, 0.2) is 0 Å². The third-order valence-corrected chi connectivity index (χ3v) is 5.58. The number of rotatable bonds is 16. The van der Waals surface area contributed by atoms with Gasteiger partial charge in [-0.1, -0.05) is 0 Å². The molecule has 0 saturated heterocycles. The Morgan fingerprint density at radius 1 is 0.655 bits per heavy atom. The highest BCUT2D eigenvalue weighted by molar-refractivity contribution is 7.46. The predicted molar refractivity (Wildman–Crippen MR) is 106 cm³/mol. The number of carbonyl (C=O) groups is 2. The van der Waals surface area contributed by atoms with Gasteiger partial charge in [-0.2, -0.15) is 0 Å². The minimum atomic E-state index is -4.58. The molecule has 0 aromatic carbocycles. The number of Topliss-reactive ketones (excluding diaryl/α,β-unsaturated/α-hetero) is 2. The highest BCUT2D eigenvalue weighted by atomic mass is 31.2. The molecule has 0 aliphatic rings. The van der Waals surface area contributed by atoms with Gasteiger partial charge in [-0.15, -0.1) is 0 Å². The van der Waals surface area contributed by atoms with Crippen LogP contribution in [0.25, 0.3) is 0 Å². The fourth-order valence-electron chi connectivity index (χ4n) is 2.89. The van der Waals surface area contributed by atoms with Gasteiger partial charge < -0.3 is 19.6 Å². The van der Waals surface area contributed by atoms with E-state index in [1.54, 1.807) is 27.7 Å². The quantitative estimate of drug-likeness (QED) is 0.251. The average molecular weight is 460 g/mol. The molecule has 0 bridgehead atoms. The lowest BCUT2D eigenvalue weighted by atomic mass is 9.97. The summed E-state index contributed by atoms with van der Waals surface area (Å²) in [6, 6.07) is 0. The number of carbonyl (C=O) groups excluding carboxylic acids is 2. The van der Waals surface area contributed by atoms with Crippen molar-refractivity contribution >= 4 is 27.2 Å². The van der Waals surface area contributed by atoms with Crippen LogP contribution in [0.4, 0.5) is 0 Å². The summed E-state index contributed by atoms with van der Waals surface area (Å²) >= 11 is 0. The van der Waals surface area contributed by atoms with E-state index in [0.29, 0.717) is 32.1 Å². The van der Waals surface area contributed by atoms with Gasteiger partial charge in [-0.25, -0.2) is 9.13 Å². The van der Waals surface area contributed by atoms with E-state index in [2.05, 4.69) is 9.05 Å². The van der Waals surface area contributed by atoms with Crippen LogP contribution in [-0.4, -0.2) is 42.3 Å². The second kappa shape index (κ2) is 11.8. The fourth-order valence-corrected chi connectivity index (χ4v) is 4.36. The maximum Gasteiger partial charge on any atom is 0.470 e. The zero-order valence-electron chi connectivity index (χ0n) is 17.5. The molecular weight excluding hydrogens is 426 g/mol. The lowest BCUT2D eigenvalue weighted by Crippen LogP contribution is -2.23. The smallest absolute Gasteiger partial charge is 0.303 e. The van der Waals surface area contributed by atoms with E-state index in [4.69, 9.17) is 19.6 Å². The third kappa shape index (κ3) is 18.1. The Morgan fingerprint density at radius 3 is 1.21 bits per heavy atom. The van der Waals surface area contributed by atoms with Crippen molar-refractivity contribution < 1.29 is 47.3 Å². The van der Waals surface area contributed by atoms with Gasteiger partial charge in [0, 0.05) is 25.7 Å². The summed E-state index contributed by atoms with van der Waals surface area (Å²) in [7, 11) is -9.16. The van der Waals surface area contributed by atoms with Crippen molar-refractivity contribution in [1.29, 1.82) is 0 Å². The molecule has 0 aromatic heterocycles. The number of phosphoric ester groups is 2. The molecule has 0 aliphatic carbocycles. The lowest BCUT2D eigenvalue weighted by Gasteiger charge is -2.25. The van der Waals surface area contributed by atoms with Crippen molar-refractivity contribution in [3.8, 4) is 0 Å². The third-order valence-electron chi connectivity index (χ3n) is 4.11. The van der Waals surface area contributed by atoms with Crippen molar-refractivity contribution in [3.05, 3.63) is 0 Å². The minimum Gasteiger partial charge on any atom is -0.303 e. The molecule has 12 heteroatoms. The highest BCUT2D eigenvalue weighted by Crippen LogP contribution is 2.43. The van der Waals surface area contributed by atoms with Crippen LogP contribution in [0, 0.1) is 0 Å². The SMILES string of the molecule is CC(C)(CCCC(=O)CCCC(=O)CCCC(C)(C)OP(=O)(O)O)OP(=O)(O)O. The van der Waals surface area contributed by atoms with Crippen LogP contribution in [-0.2, 0) is 27.8 Å². The van der Waals surface area contributed by atoms with Gasteiger partial charge in [0.25, 0.3) is 0 Å². The molecule has 0 saturated carbocycles. The Balaban J connectivity index is 3.98. The van der Waals surface area contributed by atoms with E-state index >= 15 is 0 Å². The molecule has 4 N–H and O–H groups in total. The molecule has 172 valence electrons. The normalized spacial score (nSPS) is 13.5. The first kappa shape index (κ1) is 28.6. The van der Waals surface area contributed by atoms with E-state index in [1.807, 2.05) is 0 Å². The van der Waals surface area contributed by atoms with Crippen molar-refractivity contribution in [2.75, 3.05) is 0 Å². The summed E-state index contributed by atoms with van der Waals surface area (Å²) in [6.07, 6.45) is 2.89. The van der Waals surface area contributed by atoms with E-state index in [1.165, 1.54) is 0 Å². The Morgan fingerprint density at radius 2 is 0.931 bits per heavy atom.